The molecule has 4 nitrogen and oxygen atoms in total. The molecule has 0 atom stereocenters. The average molecular weight is 302 g/mol. The lowest BCUT2D eigenvalue weighted by atomic mass is 10.2. The summed E-state index contributed by atoms with van der Waals surface area (Å²) in [6.07, 6.45) is 1.40. The molecule has 22 heavy (non-hydrogen) atoms. The Hall–Kier alpha value is -3.15. The van der Waals surface area contributed by atoms with Crippen molar-refractivity contribution in [1.29, 1.82) is 10.5 Å². The van der Waals surface area contributed by atoms with Crippen LogP contribution in [-0.2, 0) is 0 Å². The predicted octanol–water partition coefficient (Wildman–Crippen LogP) is 4.31. The summed E-state index contributed by atoms with van der Waals surface area (Å²) in [7, 11) is 0. The fourth-order valence-electron chi connectivity index (χ4n) is 1.95. The third-order valence-electron chi connectivity index (χ3n) is 3.05. The van der Waals surface area contributed by atoms with E-state index in [4.69, 9.17) is 10.5 Å². The number of fused-ring (bicyclic) bond motifs is 1. The lowest BCUT2D eigenvalue weighted by Gasteiger charge is -2.01. The Morgan fingerprint density at radius 1 is 1.05 bits per heavy atom. The second-order valence-electron chi connectivity index (χ2n) is 4.49. The Morgan fingerprint density at radius 2 is 1.77 bits per heavy atom. The molecule has 0 saturated carbocycles. The van der Waals surface area contributed by atoms with E-state index in [1.807, 2.05) is 42.5 Å². The maximum absolute atomic E-state index is 8.68. The molecule has 0 aliphatic carbocycles. The SMILES string of the molecule is N#CC(C#N)=CNc1ccc(-c2nc3ccccc3s2)cc1. The second kappa shape index (κ2) is 6.09. The van der Waals surface area contributed by atoms with Gasteiger partial charge >= 0.3 is 0 Å². The number of nitrogens with one attached hydrogen (secondary N) is 1. The number of hydrogen-bond acceptors (Lipinski definition) is 5. The highest BCUT2D eigenvalue weighted by Crippen LogP contribution is 2.30. The van der Waals surface area contributed by atoms with Crippen molar-refractivity contribution in [3.05, 3.63) is 60.3 Å². The lowest BCUT2D eigenvalue weighted by Crippen LogP contribution is -1.89. The monoisotopic (exact) mass is 302 g/mol. The third kappa shape index (κ3) is 2.80. The molecule has 0 spiro atoms. The Morgan fingerprint density at radius 3 is 2.45 bits per heavy atom. The molecule has 2 aromatic carbocycles. The highest BCUT2D eigenvalue weighted by molar-refractivity contribution is 7.21. The summed E-state index contributed by atoms with van der Waals surface area (Å²) >= 11 is 1.65. The molecule has 104 valence electrons. The summed E-state index contributed by atoms with van der Waals surface area (Å²) in [6, 6.07) is 19.4. The summed E-state index contributed by atoms with van der Waals surface area (Å²) in [5, 5.41) is 21.3. The van der Waals surface area contributed by atoms with Crippen LogP contribution in [0, 0.1) is 22.7 Å². The molecular weight excluding hydrogens is 292 g/mol. The van der Waals surface area contributed by atoms with Gasteiger partial charge in [-0.3, -0.25) is 0 Å². The maximum atomic E-state index is 8.68. The number of anilines is 1. The van der Waals surface area contributed by atoms with Crippen LogP contribution < -0.4 is 5.32 Å². The predicted molar refractivity (Wildman–Crippen MR) is 88.0 cm³/mol. The molecule has 0 radical (unpaired) electrons. The zero-order chi connectivity index (χ0) is 15.4. The number of benzene rings is 2. The number of para-hydroxylation sites is 1. The quantitative estimate of drug-likeness (QED) is 0.732. The number of nitrogens with zero attached hydrogens (tertiary/aromatic N) is 3. The van der Waals surface area contributed by atoms with Crippen molar-refractivity contribution in [2.24, 2.45) is 0 Å². The van der Waals surface area contributed by atoms with Gasteiger partial charge in [-0.25, -0.2) is 4.98 Å². The molecular formula is C17H10N4S. The molecule has 0 aliphatic heterocycles. The van der Waals surface area contributed by atoms with Crippen LogP contribution in [0.4, 0.5) is 5.69 Å². The molecule has 1 heterocycles. The minimum Gasteiger partial charge on any atom is -0.360 e. The van der Waals surface area contributed by atoms with Gasteiger partial charge in [0, 0.05) is 17.5 Å². The third-order valence-corrected chi connectivity index (χ3v) is 4.14. The number of allylic oxidation sites excluding steroid dienone is 1. The van der Waals surface area contributed by atoms with Crippen molar-refractivity contribution >= 4 is 27.2 Å². The Labute approximate surface area is 131 Å². The minimum atomic E-state index is 0.0373. The van der Waals surface area contributed by atoms with E-state index in [0.717, 1.165) is 26.5 Å². The van der Waals surface area contributed by atoms with Gasteiger partial charge in [-0.05, 0) is 36.4 Å². The van der Waals surface area contributed by atoms with Crippen LogP contribution in [0.1, 0.15) is 0 Å². The summed E-state index contributed by atoms with van der Waals surface area (Å²) in [5.74, 6) is 0. The number of thiazole rings is 1. The van der Waals surface area contributed by atoms with E-state index in [-0.39, 0.29) is 5.57 Å². The van der Waals surface area contributed by atoms with Crippen LogP contribution in [0.3, 0.4) is 0 Å². The normalized spacial score (nSPS) is 9.73. The largest absolute Gasteiger partial charge is 0.360 e. The van der Waals surface area contributed by atoms with Gasteiger partial charge in [-0.15, -0.1) is 11.3 Å². The van der Waals surface area contributed by atoms with Crippen molar-refractivity contribution in [2.45, 2.75) is 0 Å². The van der Waals surface area contributed by atoms with Gasteiger partial charge < -0.3 is 5.32 Å². The first-order chi connectivity index (χ1) is 10.8. The smallest absolute Gasteiger partial charge is 0.145 e. The summed E-state index contributed by atoms with van der Waals surface area (Å²) in [6.45, 7) is 0. The molecule has 0 unspecified atom stereocenters. The van der Waals surface area contributed by atoms with E-state index >= 15 is 0 Å². The van der Waals surface area contributed by atoms with Gasteiger partial charge in [-0.2, -0.15) is 10.5 Å². The summed E-state index contributed by atoms with van der Waals surface area (Å²) < 4.78 is 1.16. The van der Waals surface area contributed by atoms with Gasteiger partial charge in [0.1, 0.15) is 22.7 Å². The Balaban J connectivity index is 1.84. The Bertz CT molecular complexity index is 875. The van der Waals surface area contributed by atoms with Crippen molar-refractivity contribution in [3.63, 3.8) is 0 Å². The number of nitriles is 2. The second-order valence-corrected chi connectivity index (χ2v) is 5.52. The number of rotatable bonds is 3. The van der Waals surface area contributed by atoms with E-state index in [2.05, 4.69) is 16.4 Å². The van der Waals surface area contributed by atoms with E-state index in [0.29, 0.717) is 0 Å². The Kier molecular flexibility index (Phi) is 3.82. The van der Waals surface area contributed by atoms with Gasteiger partial charge in [0.15, 0.2) is 0 Å². The van der Waals surface area contributed by atoms with E-state index in [1.165, 1.54) is 6.20 Å². The topological polar surface area (TPSA) is 72.5 Å². The molecule has 1 aromatic heterocycles. The standard InChI is InChI=1S/C17H10N4S/c18-9-12(10-19)11-20-14-7-5-13(6-8-14)17-21-15-3-1-2-4-16(15)22-17/h1-8,11,20H. The van der Waals surface area contributed by atoms with Gasteiger partial charge in [0.25, 0.3) is 0 Å². The van der Waals surface area contributed by atoms with Crippen LogP contribution in [-0.4, -0.2) is 4.98 Å². The van der Waals surface area contributed by atoms with Crippen LogP contribution in [0.2, 0.25) is 0 Å². The molecule has 0 fully saturated rings. The first kappa shape index (κ1) is 13.8. The number of hydrogen-bond donors (Lipinski definition) is 1. The van der Waals surface area contributed by atoms with Crippen LogP contribution in [0.5, 0.6) is 0 Å². The molecule has 0 amide bonds. The average Bonchev–Trinajstić information content (AvgIpc) is 3.00. The first-order valence-electron chi connectivity index (χ1n) is 6.53. The maximum Gasteiger partial charge on any atom is 0.145 e. The number of aromatic nitrogens is 1. The molecule has 3 aromatic rings. The van der Waals surface area contributed by atoms with Gasteiger partial charge in [0.05, 0.1) is 10.2 Å². The summed E-state index contributed by atoms with van der Waals surface area (Å²) in [4.78, 5) is 4.61. The lowest BCUT2D eigenvalue weighted by molar-refractivity contribution is 1.44. The van der Waals surface area contributed by atoms with Crippen molar-refractivity contribution in [1.82, 2.24) is 4.98 Å². The molecule has 1 N–H and O–H groups in total. The van der Waals surface area contributed by atoms with Crippen LogP contribution in [0.25, 0.3) is 20.8 Å². The fourth-order valence-corrected chi connectivity index (χ4v) is 2.92. The highest BCUT2D eigenvalue weighted by Gasteiger charge is 2.05. The van der Waals surface area contributed by atoms with Crippen molar-refractivity contribution < 1.29 is 0 Å². The molecule has 3 rings (SSSR count). The first-order valence-corrected chi connectivity index (χ1v) is 7.35. The van der Waals surface area contributed by atoms with Gasteiger partial charge in [-0.1, -0.05) is 12.1 Å². The van der Waals surface area contributed by atoms with E-state index in [9.17, 15) is 0 Å². The van der Waals surface area contributed by atoms with E-state index < -0.39 is 0 Å². The van der Waals surface area contributed by atoms with E-state index in [1.54, 1.807) is 23.5 Å². The zero-order valence-corrected chi connectivity index (χ0v) is 12.3. The summed E-state index contributed by atoms with van der Waals surface area (Å²) in [5.41, 5.74) is 2.89. The zero-order valence-electron chi connectivity index (χ0n) is 11.4. The van der Waals surface area contributed by atoms with Crippen molar-refractivity contribution in [3.8, 4) is 22.7 Å². The fraction of sp³-hybridized carbons (Fsp3) is 0. The minimum absolute atomic E-state index is 0.0373. The highest BCUT2D eigenvalue weighted by atomic mass is 32.1. The van der Waals surface area contributed by atoms with Gasteiger partial charge in [0.2, 0.25) is 0 Å². The van der Waals surface area contributed by atoms with Crippen LogP contribution >= 0.6 is 11.3 Å². The molecule has 0 aliphatic rings. The molecule has 0 bridgehead atoms. The van der Waals surface area contributed by atoms with Crippen LogP contribution in [0.15, 0.2) is 60.3 Å². The molecule has 5 heteroatoms. The van der Waals surface area contributed by atoms with Crippen molar-refractivity contribution in [2.75, 3.05) is 5.32 Å². The molecule has 0 saturated heterocycles.